The average Bonchev–Trinajstić information content (AvgIpc) is 2.82. The number of carbonyl (C=O) groups is 1. The second kappa shape index (κ2) is 10.7. The van der Waals surface area contributed by atoms with Gasteiger partial charge >= 0.3 is 0 Å². The molecule has 184 valence electrons. The van der Waals surface area contributed by atoms with Crippen molar-refractivity contribution in [3.63, 3.8) is 0 Å². The quantitative estimate of drug-likeness (QED) is 0.543. The van der Waals surface area contributed by atoms with Crippen LogP contribution in [0.1, 0.15) is 30.9 Å². The molecule has 2 N–H and O–H groups in total. The summed E-state index contributed by atoms with van der Waals surface area (Å²) in [5.41, 5.74) is 6.61. The molecule has 1 amide bonds. The lowest BCUT2D eigenvalue weighted by atomic mass is 10.1. The second-order valence-electron chi connectivity index (χ2n) is 8.49. The summed E-state index contributed by atoms with van der Waals surface area (Å²) >= 11 is 0. The van der Waals surface area contributed by atoms with Crippen molar-refractivity contribution in [2.24, 2.45) is 0 Å². The number of halogens is 3. The van der Waals surface area contributed by atoms with Crippen molar-refractivity contribution in [1.29, 1.82) is 0 Å². The van der Waals surface area contributed by atoms with Gasteiger partial charge in [0, 0.05) is 67.9 Å². The first-order valence-corrected chi connectivity index (χ1v) is 11.3. The second-order valence-corrected chi connectivity index (χ2v) is 8.49. The van der Waals surface area contributed by atoms with E-state index >= 15 is 0 Å². The fraction of sp³-hybridized carbons (Fsp3) is 0.320. The van der Waals surface area contributed by atoms with Gasteiger partial charge in [0.25, 0.3) is 0 Å². The Labute approximate surface area is 201 Å². The van der Waals surface area contributed by atoms with Gasteiger partial charge < -0.3 is 15.4 Å². The molecule has 7 nitrogen and oxygen atoms in total. The number of likely N-dealkylation sites (tertiary alicyclic amines) is 1. The Hall–Kier alpha value is -3.66. The Morgan fingerprint density at radius 3 is 2.26 bits per heavy atom. The minimum Gasteiger partial charge on any atom is -0.490 e. The van der Waals surface area contributed by atoms with Gasteiger partial charge in [-0.15, -0.1) is 0 Å². The van der Waals surface area contributed by atoms with Crippen LogP contribution < -0.4 is 15.4 Å². The van der Waals surface area contributed by atoms with E-state index in [1.165, 1.54) is 11.8 Å². The van der Waals surface area contributed by atoms with Gasteiger partial charge in [0.05, 0.1) is 6.54 Å². The molecule has 0 bridgehead atoms. The first-order valence-electron chi connectivity index (χ1n) is 11.3. The molecule has 10 heteroatoms. The molecular weight excluding hydrogens is 459 g/mol. The highest BCUT2D eigenvalue weighted by Crippen LogP contribution is 2.26. The summed E-state index contributed by atoms with van der Waals surface area (Å²) in [5, 5.41) is 0. The molecule has 0 aliphatic carbocycles. The maximum atomic E-state index is 14.1. The first kappa shape index (κ1) is 24.5. The minimum absolute atomic E-state index is 0.0473. The van der Waals surface area contributed by atoms with E-state index in [2.05, 4.69) is 14.9 Å². The van der Waals surface area contributed by atoms with Gasteiger partial charge in [-0.3, -0.25) is 9.69 Å². The maximum absolute atomic E-state index is 14.1. The predicted octanol–water partition coefficient (Wildman–Crippen LogP) is 4.07. The molecule has 0 atom stereocenters. The Morgan fingerprint density at radius 2 is 1.69 bits per heavy atom. The van der Waals surface area contributed by atoms with Crippen LogP contribution in [0.3, 0.4) is 0 Å². The summed E-state index contributed by atoms with van der Waals surface area (Å²) in [7, 11) is 0. The van der Waals surface area contributed by atoms with E-state index in [1.54, 1.807) is 36.7 Å². The summed E-state index contributed by atoms with van der Waals surface area (Å²) in [4.78, 5) is 23.7. The van der Waals surface area contributed by atoms with E-state index in [0.717, 1.165) is 38.0 Å². The van der Waals surface area contributed by atoms with Crippen molar-refractivity contribution in [3.8, 4) is 5.75 Å². The van der Waals surface area contributed by atoms with Crippen molar-refractivity contribution in [1.82, 2.24) is 14.9 Å². The number of piperidine rings is 1. The zero-order valence-corrected chi connectivity index (χ0v) is 19.3. The van der Waals surface area contributed by atoms with Gasteiger partial charge in [0.15, 0.2) is 0 Å². The Kier molecular flexibility index (Phi) is 7.50. The third-order valence-electron chi connectivity index (χ3n) is 5.92. The minimum atomic E-state index is -1.04. The molecule has 1 fully saturated rings. The van der Waals surface area contributed by atoms with Crippen LogP contribution in [-0.2, 0) is 17.9 Å². The van der Waals surface area contributed by atoms with Crippen LogP contribution in [0, 0.1) is 17.5 Å². The van der Waals surface area contributed by atoms with Gasteiger partial charge in [-0.25, -0.2) is 23.1 Å². The first-order chi connectivity index (χ1) is 16.8. The number of anilines is 2. The highest BCUT2D eigenvalue weighted by molar-refractivity contribution is 5.91. The molecule has 2 heterocycles. The van der Waals surface area contributed by atoms with Crippen LogP contribution in [0.25, 0.3) is 0 Å². The van der Waals surface area contributed by atoms with E-state index in [1.807, 2.05) is 0 Å². The highest BCUT2D eigenvalue weighted by atomic mass is 19.1. The number of aromatic nitrogens is 2. The van der Waals surface area contributed by atoms with Crippen LogP contribution in [0.4, 0.5) is 24.8 Å². The third-order valence-corrected chi connectivity index (χ3v) is 5.92. The van der Waals surface area contributed by atoms with Crippen LogP contribution in [-0.4, -0.2) is 40.0 Å². The molecule has 0 spiro atoms. The highest BCUT2D eigenvalue weighted by Gasteiger charge is 2.22. The summed E-state index contributed by atoms with van der Waals surface area (Å²) in [6.45, 7) is 3.41. The Balaban J connectivity index is 1.34. The Morgan fingerprint density at radius 1 is 1.09 bits per heavy atom. The van der Waals surface area contributed by atoms with Crippen LogP contribution in [0.2, 0.25) is 0 Å². The monoisotopic (exact) mass is 485 g/mol. The molecular formula is C25H26F3N5O2. The molecule has 1 aromatic heterocycles. The molecule has 2 aromatic carbocycles. The molecule has 1 aliphatic heterocycles. The van der Waals surface area contributed by atoms with Crippen molar-refractivity contribution in [2.75, 3.05) is 23.7 Å². The standard InChI is InChI=1S/C25H26F3N5O2/c1-16(34)33(15-22-23(27)10-18(26)11-24(22)28)19-2-4-20(5-3-19)35-21-6-8-32(9-7-21)14-17-12-30-25(29)31-13-17/h2-5,10-13,21H,6-9,14-15H2,1H3,(H2,29,30,31). The summed E-state index contributed by atoms with van der Waals surface area (Å²) in [6, 6.07) is 7.96. The predicted molar refractivity (Wildman–Crippen MR) is 125 cm³/mol. The van der Waals surface area contributed by atoms with Gasteiger partial charge in [-0.05, 0) is 37.1 Å². The van der Waals surface area contributed by atoms with Crippen molar-refractivity contribution < 1.29 is 22.7 Å². The van der Waals surface area contributed by atoms with Crippen LogP contribution >= 0.6 is 0 Å². The number of amides is 1. The summed E-state index contributed by atoms with van der Waals surface area (Å²) < 4.78 is 47.5. The zero-order valence-electron chi connectivity index (χ0n) is 19.3. The molecule has 4 rings (SSSR count). The number of rotatable bonds is 7. The molecule has 1 saturated heterocycles. The molecule has 1 aliphatic rings. The normalized spacial score (nSPS) is 14.6. The number of nitrogens with two attached hydrogens (primary N) is 1. The number of hydrogen-bond donors (Lipinski definition) is 1. The van der Waals surface area contributed by atoms with E-state index in [9.17, 15) is 18.0 Å². The van der Waals surface area contributed by atoms with E-state index in [0.29, 0.717) is 23.6 Å². The fourth-order valence-corrected chi connectivity index (χ4v) is 4.05. The lowest BCUT2D eigenvalue weighted by Crippen LogP contribution is -2.37. The number of nitrogen functional groups attached to an aromatic ring is 1. The number of benzene rings is 2. The smallest absolute Gasteiger partial charge is 0.224 e. The summed E-state index contributed by atoms with van der Waals surface area (Å²) in [6.07, 6.45) is 5.21. The molecule has 0 unspecified atom stereocenters. The average molecular weight is 486 g/mol. The van der Waals surface area contributed by atoms with Crippen molar-refractivity contribution in [3.05, 3.63) is 77.4 Å². The van der Waals surface area contributed by atoms with Gasteiger partial charge in [-0.2, -0.15) is 0 Å². The van der Waals surface area contributed by atoms with Gasteiger partial charge in [0.1, 0.15) is 29.3 Å². The van der Waals surface area contributed by atoms with E-state index < -0.39 is 23.4 Å². The lowest BCUT2D eigenvalue weighted by molar-refractivity contribution is -0.116. The maximum Gasteiger partial charge on any atom is 0.224 e. The van der Waals surface area contributed by atoms with Crippen LogP contribution in [0.15, 0.2) is 48.8 Å². The van der Waals surface area contributed by atoms with Gasteiger partial charge in [0.2, 0.25) is 11.9 Å². The van der Waals surface area contributed by atoms with E-state index in [4.69, 9.17) is 10.5 Å². The molecule has 0 radical (unpaired) electrons. The van der Waals surface area contributed by atoms with E-state index in [-0.39, 0.29) is 24.2 Å². The molecule has 0 saturated carbocycles. The van der Waals surface area contributed by atoms with Gasteiger partial charge in [-0.1, -0.05) is 0 Å². The number of ether oxygens (including phenoxy) is 1. The molecule has 35 heavy (non-hydrogen) atoms. The number of nitrogens with zero attached hydrogens (tertiary/aromatic N) is 4. The number of hydrogen-bond acceptors (Lipinski definition) is 6. The SMILES string of the molecule is CC(=O)N(Cc1c(F)cc(F)cc1F)c1ccc(OC2CCN(Cc3cnc(N)nc3)CC2)cc1. The topological polar surface area (TPSA) is 84.6 Å². The number of carbonyl (C=O) groups excluding carboxylic acids is 1. The van der Waals surface area contributed by atoms with Crippen molar-refractivity contribution in [2.45, 2.75) is 39.0 Å². The fourth-order valence-electron chi connectivity index (χ4n) is 4.05. The van der Waals surface area contributed by atoms with Crippen LogP contribution in [0.5, 0.6) is 5.75 Å². The zero-order chi connectivity index (χ0) is 24.9. The molecule has 3 aromatic rings. The Bertz CT molecular complexity index is 1140. The lowest BCUT2D eigenvalue weighted by Gasteiger charge is -2.32. The largest absolute Gasteiger partial charge is 0.490 e. The van der Waals surface area contributed by atoms with Crippen molar-refractivity contribution >= 4 is 17.5 Å². The third kappa shape index (κ3) is 6.27. The summed E-state index contributed by atoms with van der Waals surface area (Å²) in [5.74, 6) is -2.59.